The lowest BCUT2D eigenvalue weighted by Crippen LogP contribution is -2.09. The lowest BCUT2D eigenvalue weighted by Gasteiger charge is -2.26. The third kappa shape index (κ3) is 4.96. The van der Waals surface area contributed by atoms with Crippen molar-refractivity contribution in [2.45, 2.75) is 0 Å². The summed E-state index contributed by atoms with van der Waals surface area (Å²) < 4.78 is 6.66. The first kappa shape index (κ1) is 30.5. The van der Waals surface area contributed by atoms with E-state index in [1.165, 1.54) is 60.0 Å². The monoisotopic (exact) mass is 687 g/mol. The molecule has 0 aliphatic heterocycles. The number of anilines is 3. The van der Waals surface area contributed by atoms with E-state index in [1.54, 1.807) is 0 Å². The lowest BCUT2D eigenvalue weighted by molar-refractivity contribution is 0.672. The van der Waals surface area contributed by atoms with Crippen LogP contribution in [0.3, 0.4) is 0 Å². The van der Waals surface area contributed by atoms with Crippen molar-refractivity contribution in [2.24, 2.45) is 0 Å². The van der Waals surface area contributed by atoms with Crippen molar-refractivity contribution in [2.75, 3.05) is 4.90 Å². The zero-order valence-electron chi connectivity index (χ0n) is 29.4. The van der Waals surface area contributed by atoms with Crippen molar-refractivity contribution in [1.29, 1.82) is 0 Å². The Bertz CT molecular complexity index is 3210. The van der Waals surface area contributed by atoms with Gasteiger partial charge >= 0.3 is 0 Å². The number of hydrogen-bond acceptors (Lipinski definition) is 2. The molecule has 0 spiro atoms. The second kappa shape index (κ2) is 12.2. The summed E-state index contributed by atoms with van der Waals surface area (Å²) in [6.45, 7) is 0. The largest absolute Gasteiger partial charge is 0.455 e. The van der Waals surface area contributed by atoms with E-state index < -0.39 is 0 Å². The van der Waals surface area contributed by atoms with E-state index >= 15 is 0 Å². The molecule has 1 heterocycles. The Balaban J connectivity index is 1.05. The molecule has 252 valence electrons. The van der Waals surface area contributed by atoms with Crippen LogP contribution in [0.1, 0.15) is 0 Å². The summed E-state index contributed by atoms with van der Waals surface area (Å²) in [5, 5.41) is 12.0. The molecule has 11 rings (SSSR count). The minimum atomic E-state index is 0.873. The van der Waals surface area contributed by atoms with Crippen LogP contribution in [0.15, 0.2) is 205 Å². The summed E-state index contributed by atoms with van der Waals surface area (Å²) in [7, 11) is 0. The van der Waals surface area contributed by atoms with Crippen LogP contribution in [0.2, 0.25) is 0 Å². The highest BCUT2D eigenvalue weighted by Gasteiger charge is 2.18. The number of fused-ring (bicyclic) bond motifs is 9. The highest BCUT2D eigenvalue weighted by atomic mass is 16.3. The maximum absolute atomic E-state index is 6.66. The third-order valence-electron chi connectivity index (χ3n) is 11.0. The number of furan rings is 1. The first-order chi connectivity index (χ1) is 26.7. The molecule has 1 aromatic heterocycles. The van der Waals surface area contributed by atoms with Gasteiger partial charge in [0.2, 0.25) is 0 Å². The molecule has 0 saturated carbocycles. The molecule has 11 aromatic rings. The Hall–Kier alpha value is -7.16. The predicted molar refractivity (Wildman–Crippen MR) is 229 cm³/mol. The van der Waals surface area contributed by atoms with Crippen LogP contribution in [-0.4, -0.2) is 0 Å². The summed E-state index contributed by atoms with van der Waals surface area (Å²) in [5.41, 5.74) is 9.86. The zero-order valence-corrected chi connectivity index (χ0v) is 29.4. The van der Waals surface area contributed by atoms with Crippen molar-refractivity contribution in [3.63, 3.8) is 0 Å². The van der Waals surface area contributed by atoms with Gasteiger partial charge in [-0.3, -0.25) is 0 Å². The van der Waals surface area contributed by atoms with Gasteiger partial charge in [-0.05, 0) is 115 Å². The molecular weight excluding hydrogens is 655 g/mol. The number of nitrogens with zero attached hydrogens (tertiary/aromatic N) is 1. The van der Waals surface area contributed by atoms with E-state index in [4.69, 9.17) is 4.42 Å². The number of benzene rings is 10. The summed E-state index contributed by atoms with van der Waals surface area (Å²) in [6.07, 6.45) is 0. The first-order valence-corrected chi connectivity index (χ1v) is 18.5. The molecule has 10 aromatic carbocycles. The van der Waals surface area contributed by atoms with Crippen LogP contribution in [0.25, 0.3) is 87.3 Å². The highest BCUT2D eigenvalue weighted by Crippen LogP contribution is 2.42. The SMILES string of the molecule is c1ccc(-c2ccc(N(c3ccc4cc(-c5cc6ccccc6c6ccccc56)ccc4c3)c3ccc4c(c3)oc3c5ccccc5ccc43)cc2)cc1. The third-order valence-corrected chi connectivity index (χ3v) is 11.0. The van der Waals surface area contributed by atoms with Crippen LogP contribution in [0.5, 0.6) is 0 Å². The molecule has 0 fully saturated rings. The second-order valence-corrected chi connectivity index (χ2v) is 14.1. The quantitative estimate of drug-likeness (QED) is 0.168. The predicted octanol–water partition coefficient (Wildman–Crippen LogP) is 15.0. The van der Waals surface area contributed by atoms with E-state index in [1.807, 2.05) is 0 Å². The van der Waals surface area contributed by atoms with Gasteiger partial charge in [0.05, 0.1) is 0 Å². The summed E-state index contributed by atoms with van der Waals surface area (Å²) in [4.78, 5) is 2.34. The van der Waals surface area contributed by atoms with Gasteiger partial charge in [-0.1, -0.05) is 140 Å². The van der Waals surface area contributed by atoms with Gasteiger partial charge in [0.15, 0.2) is 0 Å². The fourth-order valence-electron chi connectivity index (χ4n) is 8.35. The highest BCUT2D eigenvalue weighted by molar-refractivity contribution is 6.16. The molecule has 0 bridgehead atoms. The molecule has 0 atom stereocenters. The molecule has 0 aliphatic carbocycles. The fraction of sp³-hybridized carbons (Fsp3) is 0. The van der Waals surface area contributed by atoms with E-state index in [-0.39, 0.29) is 0 Å². The Morgan fingerprint density at radius 3 is 1.72 bits per heavy atom. The van der Waals surface area contributed by atoms with E-state index in [0.717, 1.165) is 44.4 Å². The number of rotatable bonds is 5. The minimum Gasteiger partial charge on any atom is -0.455 e. The van der Waals surface area contributed by atoms with Crippen molar-refractivity contribution in [3.8, 4) is 22.3 Å². The van der Waals surface area contributed by atoms with Gasteiger partial charge in [-0.25, -0.2) is 0 Å². The van der Waals surface area contributed by atoms with Gasteiger partial charge in [0.1, 0.15) is 11.2 Å². The smallest absolute Gasteiger partial charge is 0.143 e. The van der Waals surface area contributed by atoms with E-state index in [0.29, 0.717) is 0 Å². The van der Waals surface area contributed by atoms with Gasteiger partial charge < -0.3 is 9.32 Å². The van der Waals surface area contributed by atoms with E-state index in [2.05, 4.69) is 205 Å². The molecule has 0 saturated heterocycles. The molecule has 0 radical (unpaired) electrons. The molecule has 0 amide bonds. The second-order valence-electron chi connectivity index (χ2n) is 14.1. The Morgan fingerprint density at radius 2 is 0.870 bits per heavy atom. The Labute approximate surface area is 312 Å². The van der Waals surface area contributed by atoms with Crippen LogP contribution < -0.4 is 4.90 Å². The van der Waals surface area contributed by atoms with Gasteiger partial charge in [-0.15, -0.1) is 0 Å². The molecule has 0 aliphatic rings. The molecule has 2 nitrogen and oxygen atoms in total. The molecular formula is C52H33NO. The lowest BCUT2D eigenvalue weighted by atomic mass is 9.92. The molecule has 0 N–H and O–H groups in total. The van der Waals surface area contributed by atoms with Gasteiger partial charge in [0.25, 0.3) is 0 Å². The summed E-state index contributed by atoms with van der Waals surface area (Å²) in [5.74, 6) is 0. The number of hydrogen-bond donors (Lipinski definition) is 0. The normalized spacial score (nSPS) is 11.7. The van der Waals surface area contributed by atoms with Crippen LogP contribution in [0, 0.1) is 0 Å². The van der Waals surface area contributed by atoms with E-state index in [9.17, 15) is 0 Å². The van der Waals surface area contributed by atoms with Crippen molar-refractivity contribution in [1.82, 2.24) is 0 Å². The van der Waals surface area contributed by atoms with Crippen LogP contribution in [-0.2, 0) is 0 Å². The summed E-state index contributed by atoms with van der Waals surface area (Å²) in [6, 6.07) is 72.3. The zero-order chi connectivity index (χ0) is 35.6. The maximum atomic E-state index is 6.66. The minimum absolute atomic E-state index is 0.873. The average molecular weight is 688 g/mol. The van der Waals surface area contributed by atoms with Crippen LogP contribution in [0.4, 0.5) is 17.1 Å². The van der Waals surface area contributed by atoms with Crippen LogP contribution >= 0.6 is 0 Å². The van der Waals surface area contributed by atoms with Crippen molar-refractivity contribution < 1.29 is 4.42 Å². The molecule has 2 heteroatoms. The topological polar surface area (TPSA) is 16.4 Å². The first-order valence-electron chi connectivity index (χ1n) is 18.5. The Morgan fingerprint density at radius 1 is 0.296 bits per heavy atom. The summed E-state index contributed by atoms with van der Waals surface area (Å²) >= 11 is 0. The standard InChI is InChI=1S/C52H33NO/c1-2-10-34(11-3-1)35-20-24-41(25-21-35)53(43-27-29-48-49-28-23-36-12-4-7-15-45(36)52(49)54-51(48)33-43)42-26-22-37-30-40(19-18-38(37)31-42)50-32-39-13-5-6-14-44(39)46-16-8-9-17-47(46)50/h1-33H. The van der Waals surface area contributed by atoms with Gasteiger partial charge in [-0.2, -0.15) is 0 Å². The van der Waals surface area contributed by atoms with Crippen molar-refractivity contribution in [3.05, 3.63) is 200 Å². The fourth-order valence-corrected chi connectivity index (χ4v) is 8.35. The molecule has 54 heavy (non-hydrogen) atoms. The average Bonchev–Trinajstić information content (AvgIpc) is 3.62. The maximum Gasteiger partial charge on any atom is 0.143 e. The van der Waals surface area contributed by atoms with Gasteiger partial charge in [0, 0.05) is 39.3 Å². The van der Waals surface area contributed by atoms with Crippen molar-refractivity contribution >= 4 is 82.1 Å². The molecule has 0 unspecified atom stereocenters. The Kier molecular flexibility index (Phi) is 6.90.